The van der Waals surface area contributed by atoms with Crippen LogP contribution in [0.15, 0.2) is 12.2 Å². The highest BCUT2D eigenvalue weighted by Crippen LogP contribution is 2.07. The highest BCUT2D eigenvalue weighted by atomic mass is 16.1. The monoisotopic (exact) mass is 153 g/mol. The summed E-state index contributed by atoms with van der Waals surface area (Å²) in [5.74, 6) is 0. The van der Waals surface area contributed by atoms with Gasteiger partial charge in [0.05, 0.1) is 0 Å². The van der Waals surface area contributed by atoms with E-state index in [0.717, 1.165) is 12.8 Å². The average Bonchev–Trinajstić information content (AvgIpc) is 2.04. The lowest BCUT2D eigenvalue weighted by Crippen LogP contribution is -1.83. The van der Waals surface area contributed by atoms with E-state index in [2.05, 4.69) is 13.5 Å². The van der Waals surface area contributed by atoms with Gasteiger partial charge in [0.2, 0.25) is 6.29 Å². The number of allylic oxidation sites excluding steroid dienone is 1. The van der Waals surface area contributed by atoms with Crippen molar-refractivity contribution in [2.24, 2.45) is 0 Å². The predicted octanol–water partition coefficient (Wildman–Crippen LogP) is 3.01. The summed E-state index contributed by atoms with van der Waals surface area (Å²) in [5, 5.41) is 0. The quantitative estimate of drug-likeness (QED) is 0.406. The van der Waals surface area contributed by atoms with Gasteiger partial charge >= 0.3 is 0 Å². The van der Waals surface area contributed by atoms with Crippen molar-refractivity contribution in [2.75, 3.05) is 0 Å². The summed E-state index contributed by atoms with van der Waals surface area (Å²) in [6.07, 6.45) is 8.79. The van der Waals surface area contributed by atoms with Crippen LogP contribution in [0.2, 0.25) is 0 Å². The van der Waals surface area contributed by atoms with Crippen molar-refractivity contribution < 1.29 is 4.79 Å². The van der Waals surface area contributed by atoms with Crippen LogP contribution in [-0.2, 0) is 4.79 Å². The minimum atomic E-state index is 0.612. The third-order valence-electron chi connectivity index (χ3n) is 1.73. The van der Waals surface area contributed by atoms with Gasteiger partial charge in [-0.05, 0) is 18.4 Å². The van der Waals surface area contributed by atoms with Crippen LogP contribution >= 0.6 is 0 Å². The topological polar surface area (TPSA) is 17.1 Å². The fourth-order valence-electron chi connectivity index (χ4n) is 0.993. The molecular formula is C10H17O. The summed E-state index contributed by atoms with van der Waals surface area (Å²) < 4.78 is 0. The Hall–Kier alpha value is -0.590. The smallest absolute Gasteiger partial charge is 0.228 e. The standard InChI is InChI=1S/C10H17O/c1-3-4-5-6-7-8-10(2)9-11/h2-8H2,1H3. The summed E-state index contributed by atoms with van der Waals surface area (Å²) in [7, 11) is 0. The molecule has 0 aromatic rings. The molecule has 0 bridgehead atoms. The zero-order chi connectivity index (χ0) is 8.53. The molecule has 0 aliphatic carbocycles. The van der Waals surface area contributed by atoms with Crippen LogP contribution in [0.1, 0.15) is 45.4 Å². The largest absolute Gasteiger partial charge is 0.285 e. The molecule has 0 amide bonds. The second-order valence-electron chi connectivity index (χ2n) is 2.87. The Morgan fingerprint density at radius 1 is 1.27 bits per heavy atom. The van der Waals surface area contributed by atoms with Gasteiger partial charge in [-0.25, -0.2) is 0 Å². The zero-order valence-electron chi connectivity index (χ0n) is 7.36. The van der Waals surface area contributed by atoms with Crippen LogP contribution in [0.3, 0.4) is 0 Å². The molecule has 1 nitrogen and oxygen atoms in total. The molecule has 0 spiro atoms. The Labute approximate surface area is 69.5 Å². The Morgan fingerprint density at radius 3 is 2.45 bits per heavy atom. The fourth-order valence-corrected chi connectivity index (χ4v) is 0.993. The third-order valence-corrected chi connectivity index (χ3v) is 1.73. The normalized spacial score (nSPS) is 9.55. The van der Waals surface area contributed by atoms with Crippen LogP contribution < -0.4 is 0 Å². The predicted molar refractivity (Wildman–Crippen MR) is 48.2 cm³/mol. The molecule has 0 rings (SSSR count). The van der Waals surface area contributed by atoms with Gasteiger partial charge in [0.25, 0.3) is 0 Å². The van der Waals surface area contributed by atoms with Crippen LogP contribution in [-0.4, -0.2) is 6.29 Å². The van der Waals surface area contributed by atoms with Crippen molar-refractivity contribution in [3.05, 3.63) is 12.2 Å². The number of hydrogen-bond acceptors (Lipinski definition) is 1. The van der Waals surface area contributed by atoms with E-state index in [1.54, 1.807) is 0 Å². The highest BCUT2D eigenvalue weighted by Gasteiger charge is 1.92. The van der Waals surface area contributed by atoms with Gasteiger partial charge in [-0.1, -0.05) is 39.2 Å². The number of hydrogen-bond donors (Lipinski definition) is 0. The summed E-state index contributed by atoms with van der Waals surface area (Å²) in [6.45, 7) is 5.76. The van der Waals surface area contributed by atoms with Crippen molar-refractivity contribution >= 4 is 6.29 Å². The second-order valence-corrected chi connectivity index (χ2v) is 2.87. The molecule has 0 aliphatic heterocycles. The van der Waals surface area contributed by atoms with Crippen molar-refractivity contribution in [2.45, 2.75) is 45.4 Å². The van der Waals surface area contributed by atoms with Gasteiger partial charge in [-0.15, -0.1) is 0 Å². The van der Waals surface area contributed by atoms with Gasteiger partial charge in [0.1, 0.15) is 0 Å². The summed E-state index contributed by atoms with van der Waals surface area (Å²) in [6, 6.07) is 0. The van der Waals surface area contributed by atoms with Crippen molar-refractivity contribution in [3.63, 3.8) is 0 Å². The molecule has 1 heteroatoms. The minimum Gasteiger partial charge on any atom is -0.285 e. The lowest BCUT2D eigenvalue weighted by atomic mass is 10.1. The Morgan fingerprint density at radius 2 is 1.91 bits per heavy atom. The first kappa shape index (κ1) is 10.4. The molecule has 0 atom stereocenters. The van der Waals surface area contributed by atoms with Crippen molar-refractivity contribution in [3.8, 4) is 0 Å². The Balaban J connectivity index is 3.01. The first-order valence-corrected chi connectivity index (χ1v) is 4.37. The molecule has 0 fully saturated rings. The molecule has 0 heterocycles. The van der Waals surface area contributed by atoms with Crippen molar-refractivity contribution in [1.29, 1.82) is 0 Å². The number of carbonyl (C=O) groups excluding carboxylic acids is 1. The van der Waals surface area contributed by atoms with E-state index >= 15 is 0 Å². The molecule has 0 saturated carbocycles. The molecule has 0 aliphatic rings. The maximum atomic E-state index is 10.0. The first-order valence-electron chi connectivity index (χ1n) is 4.37. The lowest BCUT2D eigenvalue weighted by molar-refractivity contribution is 0.558. The molecule has 0 aromatic carbocycles. The maximum Gasteiger partial charge on any atom is 0.228 e. The summed E-state index contributed by atoms with van der Waals surface area (Å²) in [5.41, 5.74) is 0.612. The van der Waals surface area contributed by atoms with Crippen LogP contribution in [0, 0.1) is 0 Å². The molecule has 0 saturated heterocycles. The van der Waals surface area contributed by atoms with Crippen LogP contribution in [0.25, 0.3) is 0 Å². The number of rotatable bonds is 7. The molecule has 63 valence electrons. The van der Waals surface area contributed by atoms with E-state index in [-0.39, 0.29) is 0 Å². The van der Waals surface area contributed by atoms with Gasteiger partial charge in [-0.2, -0.15) is 0 Å². The van der Waals surface area contributed by atoms with Gasteiger partial charge < -0.3 is 0 Å². The fraction of sp³-hybridized carbons (Fsp3) is 0.700. The lowest BCUT2D eigenvalue weighted by Gasteiger charge is -1.97. The van der Waals surface area contributed by atoms with E-state index in [4.69, 9.17) is 0 Å². The molecule has 0 unspecified atom stereocenters. The highest BCUT2D eigenvalue weighted by molar-refractivity contribution is 5.72. The Bertz CT molecular complexity index is 116. The van der Waals surface area contributed by atoms with Crippen LogP contribution in [0.4, 0.5) is 0 Å². The summed E-state index contributed by atoms with van der Waals surface area (Å²) >= 11 is 0. The molecule has 11 heavy (non-hydrogen) atoms. The second kappa shape index (κ2) is 7.52. The molecular weight excluding hydrogens is 136 g/mol. The molecule has 1 radical (unpaired) electrons. The van der Waals surface area contributed by atoms with Gasteiger partial charge in [0.15, 0.2) is 0 Å². The minimum absolute atomic E-state index is 0.612. The average molecular weight is 153 g/mol. The van der Waals surface area contributed by atoms with Gasteiger partial charge in [-0.3, -0.25) is 4.79 Å². The van der Waals surface area contributed by atoms with E-state index in [0.29, 0.717) is 5.57 Å². The van der Waals surface area contributed by atoms with E-state index < -0.39 is 0 Å². The van der Waals surface area contributed by atoms with E-state index in [1.807, 2.05) is 6.29 Å². The molecule has 0 aromatic heterocycles. The van der Waals surface area contributed by atoms with Crippen LogP contribution in [0.5, 0.6) is 0 Å². The van der Waals surface area contributed by atoms with Gasteiger partial charge in [0, 0.05) is 0 Å². The van der Waals surface area contributed by atoms with E-state index in [9.17, 15) is 4.79 Å². The summed E-state index contributed by atoms with van der Waals surface area (Å²) in [4.78, 5) is 10.0. The Kier molecular flexibility index (Phi) is 7.11. The van der Waals surface area contributed by atoms with E-state index in [1.165, 1.54) is 25.7 Å². The molecule has 0 N–H and O–H groups in total. The maximum absolute atomic E-state index is 10.0. The number of unbranched alkanes of at least 4 members (excludes halogenated alkanes) is 4. The SMILES string of the molecule is C=C([C]=O)CCCCCCC. The third kappa shape index (κ3) is 7.31. The van der Waals surface area contributed by atoms with Crippen molar-refractivity contribution in [1.82, 2.24) is 0 Å². The first-order chi connectivity index (χ1) is 5.31. The zero-order valence-corrected chi connectivity index (χ0v) is 7.36.